The molecule has 1 aromatic heterocycles. The lowest BCUT2D eigenvalue weighted by Crippen LogP contribution is -2.49. The van der Waals surface area contributed by atoms with Gasteiger partial charge in [0.25, 0.3) is 5.91 Å². The quantitative estimate of drug-likeness (QED) is 0.846. The highest BCUT2D eigenvalue weighted by Crippen LogP contribution is 2.25. The SMILES string of the molecule is Cc1nsc(C(=O)N2CCN(c3cc(Cl)ccc3C)CC2)n1. The molecule has 1 fully saturated rings. The Labute approximate surface area is 138 Å². The molecule has 1 aromatic carbocycles. The Balaban J connectivity index is 1.67. The lowest BCUT2D eigenvalue weighted by Gasteiger charge is -2.36. The molecule has 0 spiro atoms. The van der Waals surface area contributed by atoms with E-state index in [1.54, 1.807) is 6.92 Å². The first-order chi connectivity index (χ1) is 10.5. The van der Waals surface area contributed by atoms with Gasteiger partial charge < -0.3 is 9.80 Å². The maximum Gasteiger partial charge on any atom is 0.284 e. The standard InChI is InChI=1S/C15H17ClN4OS/c1-10-3-4-12(16)9-13(10)19-5-7-20(8-6-19)15(21)14-17-11(2)18-22-14/h3-4,9H,5-8H2,1-2H3. The average molecular weight is 337 g/mol. The molecule has 22 heavy (non-hydrogen) atoms. The fourth-order valence-electron chi connectivity index (χ4n) is 2.59. The summed E-state index contributed by atoms with van der Waals surface area (Å²) in [5.41, 5.74) is 2.34. The summed E-state index contributed by atoms with van der Waals surface area (Å²) in [6, 6.07) is 5.92. The van der Waals surface area contributed by atoms with Crippen molar-refractivity contribution in [1.82, 2.24) is 14.3 Å². The largest absolute Gasteiger partial charge is 0.368 e. The minimum Gasteiger partial charge on any atom is -0.368 e. The van der Waals surface area contributed by atoms with Crippen LogP contribution in [0.25, 0.3) is 0 Å². The van der Waals surface area contributed by atoms with Crippen LogP contribution in [0.4, 0.5) is 5.69 Å². The molecule has 5 nitrogen and oxygen atoms in total. The van der Waals surface area contributed by atoms with E-state index in [9.17, 15) is 4.79 Å². The Morgan fingerprint density at radius 3 is 2.59 bits per heavy atom. The van der Waals surface area contributed by atoms with E-state index >= 15 is 0 Å². The number of nitrogens with zero attached hydrogens (tertiary/aromatic N) is 4. The summed E-state index contributed by atoms with van der Waals surface area (Å²) in [5.74, 6) is 0.634. The maximum absolute atomic E-state index is 12.4. The normalized spacial score (nSPS) is 15.2. The zero-order valence-electron chi connectivity index (χ0n) is 12.5. The molecule has 0 aliphatic carbocycles. The Morgan fingerprint density at radius 2 is 1.95 bits per heavy atom. The van der Waals surface area contributed by atoms with Gasteiger partial charge in [0.05, 0.1) is 0 Å². The monoisotopic (exact) mass is 336 g/mol. The predicted octanol–water partition coefficient (Wildman–Crippen LogP) is 2.77. The van der Waals surface area contributed by atoms with E-state index in [0.29, 0.717) is 23.9 Å². The van der Waals surface area contributed by atoms with Crippen LogP contribution in [0.1, 0.15) is 21.2 Å². The fraction of sp³-hybridized carbons (Fsp3) is 0.400. The number of carbonyl (C=O) groups is 1. The molecule has 1 saturated heterocycles. The third-order valence-corrected chi connectivity index (χ3v) is 4.82. The molecule has 0 N–H and O–H groups in total. The summed E-state index contributed by atoms with van der Waals surface area (Å²) in [5, 5.41) is 1.22. The van der Waals surface area contributed by atoms with Crippen molar-refractivity contribution in [2.45, 2.75) is 13.8 Å². The van der Waals surface area contributed by atoms with Gasteiger partial charge in [0.15, 0.2) is 0 Å². The van der Waals surface area contributed by atoms with Crippen LogP contribution in [0.15, 0.2) is 18.2 Å². The number of halogens is 1. The van der Waals surface area contributed by atoms with Gasteiger partial charge in [-0.05, 0) is 43.1 Å². The highest BCUT2D eigenvalue weighted by Gasteiger charge is 2.25. The van der Waals surface area contributed by atoms with Crippen molar-refractivity contribution in [3.63, 3.8) is 0 Å². The van der Waals surface area contributed by atoms with E-state index in [2.05, 4.69) is 21.2 Å². The van der Waals surface area contributed by atoms with Gasteiger partial charge >= 0.3 is 0 Å². The number of aryl methyl sites for hydroxylation is 2. The number of hydrogen-bond donors (Lipinski definition) is 0. The van der Waals surface area contributed by atoms with Gasteiger partial charge in [0.1, 0.15) is 5.82 Å². The van der Waals surface area contributed by atoms with Crippen molar-refractivity contribution in [3.8, 4) is 0 Å². The molecule has 2 heterocycles. The Morgan fingerprint density at radius 1 is 1.23 bits per heavy atom. The third kappa shape index (κ3) is 3.08. The van der Waals surface area contributed by atoms with Gasteiger partial charge in [-0.1, -0.05) is 17.7 Å². The zero-order chi connectivity index (χ0) is 15.7. The summed E-state index contributed by atoms with van der Waals surface area (Å²) >= 11 is 7.26. The van der Waals surface area contributed by atoms with Gasteiger partial charge in [-0.15, -0.1) is 0 Å². The second-order valence-corrected chi connectivity index (χ2v) is 6.55. The minimum atomic E-state index is -0.0203. The molecule has 7 heteroatoms. The lowest BCUT2D eigenvalue weighted by molar-refractivity contribution is 0.0746. The van der Waals surface area contributed by atoms with Crippen LogP contribution in [0, 0.1) is 13.8 Å². The van der Waals surface area contributed by atoms with Crippen LogP contribution >= 0.6 is 23.1 Å². The highest BCUT2D eigenvalue weighted by atomic mass is 35.5. The van der Waals surface area contributed by atoms with E-state index in [4.69, 9.17) is 11.6 Å². The van der Waals surface area contributed by atoms with E-state index < -0.39 is 0 Å². The third-order valence-electron chi connectivity index (χ3n) is 3.79. The number of rotatable bonds is 2. The maximum atomic E-state index is 12.4. The Kier molecular flexibility index (Phi) is 4.31. The summed E-state index contributed by atoms with van der Waals surface area (Å²) in [6.45, 7) is 6.84. The molecular formula is C15H17ClN4OS. The van der Waals surface area contributed by atoms with Gasteiger partial charge in [-0.25, -0.2) is 4.98 Å². The van der Waals surface area contributed by atoms with Gasteiger partial charge in [0.2, 0.25) is 5.01 Å². The van der Waals surface area contributed by atoms with Crippen LogP contribution in [-0.2, 0) is 0 Å². The number of benzene rings is 1. The Bertz CT molecular complexity index is 695. The molecule has 116 valence electrons. The first-order valence-electron chi connectivity index (χ1n) is 7.15. The number of piperazine rings is 1. The molecule has 3 rings (SSSR count). The molecule has 1 aliphatic rings. The van der Waals surface area contributed by atoms with E-state index in [1.807, 2.05) is 23.1 Å². The number of aromatic nitrogens is 2. The molecule has 0 radical (unpaired) electrons. The number of amides is 1. The van der Waals surface area contributed by atoms with E-state index in [0.717, 1.165) is 23.8 Å². The summed E-state index contributed by atoms with van der Waals surface area (Å²) in [6.07, 6.45) is 0. The van der Waals surface area contributed by atoms with E-state index in [-0.39, 0.29) is 5.91 Å². The van der Waals surface area contributed by atoms with Gasteiger partial charge in [0, 0.05) is 36.9 Å². The first kappa shape index (κ1) is 15.2. The second-order valence-electron chi connectivity index (χ2n) is 5.36. The fourth-order valence-corrected chi connectivity index (χ4v) is 3.40. The number of anilines is 1. The molecule has 0 bridgehead atoms. The summed E-state index contributed by atoms with van der Waals surface area (Å²) in [4.78, 5) is 20.7. The summed E-state index contributed by atoms with van der Waals surface area (Å²) < 4.78 is 4.07. The smallest absolute Gasteiger partial charge is 0.284 e. The molecule has 1 aliphatic heterocycles. The van der Waals surface area contributed by atoms with Crippen molar-refractivity contribution in [1.29, 1.82) is 0 Å². The van der Waals surface area contributed by atoms with Crippen molar-refractivity contribution < 1.29 is 4.79 Å². The van der Waals surface area contributed by atoms with Crippen molar-refractivity contribution in [2.75, 3.05) is 31.1 Å². The predicted molar refractivity (Wildman–Crippen MR) is 89.0 cm³/mol. The molecule has 2 aromatic rings. The molecule has 0 atom stereocenters. The Hall–Kier alpha value is -1.66. The van der Waals surface area contributed by atoms with Crippen molar-refractivity contribution in [3.05, 3.63) is 39.6 Å². The first-order valence-corrected chi connectivity index (χ1v) is 8.30. The average Bonchev–Trinajstić information content (AvgIpc) is 2.96. The van der Waals surface area contributed by atoms with Gasteiger partial charge in [-0.3, -0.25) is 4.79 Å². The minimum absolute atomic E-state index is 0.0203. The van der Waals surface area contributed by atoms with Crippen LogP contribution in [0.2, 0.25) is 5.02 Å². The van der Waals surface area contributed by atoms with Crippen LogP contribution in [-0.4, -0.2) is 46.3 Å². The molecular weight excluding hydrogens is 320 g/mol. The lowest BCUT2D eigenvalue weighted by atomic mass is 10.1. The highest BCUT2D eigenvalue weighted by molar-refractivity contribution is 7.07. The molecule has 0 saturated carbocycles. The van der Waals surface area contributed by atoms with E-state index in [1.165, 1.54) is 17.1 Å². The van der Waals surface area contributed by atoms with Crippen molar-refractivity contribution in [2.24, 2.45) is 0 Å². The van der Waals surface area contributed by atoms with Crippen LogP contribution in [0.3, 0.4) is 0 Å². The molecule has 1 amide bonds. The summed E-state index contributed by atoms with van der Waals surface area (Å²) in [7, 11) is 0. The van der Waals surface area contributed by atoms with Crippen LogP contribution in [0.5, 0.6) is 0 Å². The molecule has 0 unspecified atom stereocenters. The topological polar surface area (TPSA) is 49.3 Å². The van der Waals surface area contributed by atoms with Gasteiger partial charge in [-0.2, -0.15) is 4.37 Å². The second kappa shape index (κ2) is 6.22. The van der Waals surface area contributed by atoms with Crippen LogP contribution < -0.4 is 4.90 Å². The van der Waals surface area contributed by atoms with Crippen molar-refractivity contribution >= 4 is 34.7 Å². The number of carbonyl (C=O) groups excluding carboxylic acids is 1. The number of hydrogen-bond acceptors (Lipinski definition) is 5. The zero-order valence-corrected chi connectivity index (χ0v) is 14.1.